The Bertz CT molecular complexity index is 1050. The summed E-state index contributed by atoms with van der Waals surface area (Å²) in [6.07, 6.45) is 0.672. The summed E-state index contributed by atoms with van der Waals surface area (Å²) < 4.78 is 29.7. The summed E-state index contributed by atoms with van der Waals surface area (Å²) >= 11 is 0. The van der Waals surface area contributed by atoms with Crippen LogP contribution in [0.5, 0.6) is 11.5 Å². The number of rotatable bonds is 10. The summed E-state index contributed by atoms with van der Waals surface area (Å²) in [5.41, 5.74) is 1.31. The number of hydrogen-bond donors (Lipinski definition) is 0. The number of pyridine rings is 1. The number of aromatic nitrogens is 1. The van der Waals surface area contributed by atoms with Crippen LogP contribution >= 0.6 is 0 Å². The molecule has 1 aromatic heterocycles. The molecule has 0 fully saturated rings. The monoisotopic (exact) mass is 473 g/mol. The molecule has 0 unspecified atom stereocenters. The normalized spacial score (nSPS) is 13.7. The second-order valence-corrected chi connectivity index (χ2v) is 8.73. The van der Waals surface area contributed by atoms with E-state index in [2.05, 4.69) is 4.98 Å². The fraction of sp³-hybridized carbons (Fsp3) is 0.462. The number of methoxy groups -OCH3 is 1. The maximum Gasteiger partial charge on any atom is 0.309 e. The van der Waals surface area contributed by atoms with E-state index in [4.69, 9.17) is 14.2 Å². The fourth-order valence-corrected chi connectivity index (χ4v) is 3.94. The van der Waals surface area contributed by atoms with Crippen molar-refractivity contribution >= 4 is 17.7 Å². The predicted molar refractivity (Wildman–Crippen MR) is 124 cm³/mol. The first-order valence-electron chi connectivity index (χ1n) is 11.2. The van der Waals surface area contributed by atoms with E-state index in [0.717, 1.165) is 5.56 Å². The average molecular weight is 474 g/mol. The molecule has 34 heavy (non-hydrogen) atoms. The molecule has 0 amide bonds. The number of benzene rings is 1. The van der Waals surface area contributed by atoms with Gasteiger partial charge in [0.15, 0.2) is 17.2 Å². The molecule has 0 saturated heterocycles. The molecule has 7 nitrogen and oxygen atoms in total. The third kappa shape index (κ3) is 6.62. The number of halogens is 1. The smallest absolute Gasteiger partial charge is 0.309 e. The fourth-order valence-electron chi connectivity index (χ4n) is 3.94. The lowest BCUT2D eigenvalue weighted by molar-refractivity contribution is -0.154. The molecule has 0 spiro atoms. The number of hydrogen-bond acceptors (Lipinski definition) is 7. The molecule has 1 heterocycles. The zero-order valence-electron chi connectivity index (χ0n) is 20.7. The van der Waals surface area contributed by atoms with Crippen LogP contribution < -0.4 is 9.47 Å². The van der Waals surface area contributed by atoms with E-state index in [-0.39, 0.29) is 41.3 Å². The molecule has 1 aromatic carbocycles. The van der Waals surface area contributed by atoms with Crippen molar-refractivity contribution < 1.29 is 33.0 Å². The van der Waals surface area contributed by atoms with Gasteiger partial charge in [0, 0.05) is 31.5 Å². The Hall–Kier alpha value is -3.29. The minimum absolute atomic E-state index is 0.0806. The molecule has 8 heteroatoms. The number of carbonyl (C=O) groups excluding carboxylic acids is 3. The Labute approximate surface area is 199 Å². The van der Waals surface area contributed by atoms with E-state index in [1.165, 1.54) is 32.4 Å². The highest BCUT2D eigenvalue weighted by molar-refractivity contribution is 5.99. The highest BCUT2D eigenvalue weighted by Crippen LogP contribution is 2.33. The summed E-state index contributed by atoms with van der Waals surface area (Å²) in [5, 5.41) is 0. The second-order valence-electron chi connectivity index (χ2n) is 8.73. The molecule has 0 aliphatic carbocycles. The lowest BCUT2D eigenvalue weighted by atomic mass is 9.83. The Morgan fingerprint density at radius 3 is 2.32 bits per heavy atom. The van der Waals surface area contributed by atoms with Gasteiger partial charge in [-0.1, -0.05) is 32.9 Å². The van der Waals surface area contributed by atoms with Gasteiger partial charge in [0.25, 0.3) is 0 Å². The Morgan fingerprint density at radius 2 is 1.76 bits per heavy atom. The van der Waals surface area contributed by atoms with Crippen LogP contribution in [-0.4, -0.2) is 35.9 Å². The van der Waals surface area contributed by atoms with Crippen molar-refractivity contribution in [2.45, 2.75) is 60.0 Å². The molecule has 0 N–H and O–H groups in total. The number of carbonyl (C=O) groups is 3. The number of aryl methyl sites for hydroxylation is 1. The third-order valence-corrected chi connectivity index (χ3v) is 5.59. The van der Waals surface area contributed by atoms with Gasteiger partial charge in [-0.3, -0.25) is 14.4 Å². The van der Waals surface area contributed by atoms with E-state index < -0.39 is 29.7 Å². The van der Waals surface area contributed by atoms with Crippen LogP contribution in [-0.2, 0) is 14.3 Å². The van der Waals surface area contributed by atoms with Crippen molar-refractivity contribution in [3.63, 3.8) is 0 Å². The van der Waals surface area contributed by atoms with E-state index >= 15 is 0 Å². The van der Waals surface area contributed by atoms with Gasteiger partial charge in [-0.2, -0.15) is 0 Å². The van der Waals surface area contributed by atoms with Crippen molar-refractivity contribution in [1.29, 1.82) is 0 Å². The summed E-state index contributed by atoms with van der Waals surface area (Å²) in [7, 11) is 1.38. The number of ether oxygens (including phenoxy) is 3. The van der Waals surface area contributed by atoms with Gasteiger partial charge in [0.2, 0.25) is 5.75 Å². The SMILES string of the molecule is COc1ccnc(C(=O)C[C@@H](C)C(=O)O[C@@H](C)[C@H](c2ccc(F)c(C)c2)C(C)C)c1OC(C)=O. The minimum Gasteiger partial charge on any atom is -0.493 e. The van der Waals surface area contributed by atoms with E-state index in [9.17, 15) is 18.8 Å². The zero-order valence-corrected chi connectivity index (χ0v) is 20.7. The molecule has 184 valence electrons. The quantitative estimate of drug-likeness (QED) is 0.352. The van der Waals surface area contributed by atoms with Crippen LogP contribution in [0.1, 0.15) is 68.6 Å². The molecular weight excluding hydrogens is 441 g/mol. The first-order chi connectivity index (χ1) is 16.0. The van der Waals surface area contributed by atoms with Crippen molar-refractivity contribution in [2.24, 2.45) is 11.8 Å². The lowest BCUT2D eigenvalue weighted by Crippen LogP contribution is -2.29. The highest BCUT2D eigenvalue weighted by Gasteiger charge is 2.30. The van der Waals surface area contributed by atoms with Gasteiger partial charge in [0.05, 0.1) is 13.0 Å². The zero-order chi connectivity index (χ0) is 25.6. The summed E-state index contributed by atoms with van der Waals surface area (Å²) in [6, 6.07) is 6.35. The second kappa shape index (κ2) is 11.7. The Morgan fingerprint density at radius 1 is 1.09 bits per heavy atom. The van der Waals surface area contributed by atoms with Crippen LogP contribution in [0, 0.1) is 24.6 Å². The largest absolute Gasteiger partial charge is 0.493 e. The van der Waals surface area contributed by atoms with Gasteiger partial charge in [-0.05, 0) is 37.0 Å². The predicted octanol–water partition coefficient (Wildman–Crippen LogP) is 5.04. The lowest BCUT2D eigenvalue weighted by Gasteiger charge is -2.29. The maximum atomic E-state index is 13.7. The Balaban J connectivity index is 2.15. The van der Waals surface area contributed by atoms with Crippen LogP contribution in [0.25, 0.3) is 0 Å². The van der Waals surface area contributed by atoms with Gasteiger partial charge < -0.3 is 14.2 Å². The standard InChI is InChI=1S/C26H32FNO6/c1-14(2)23(19-8-9-20(27)15(3)12-19)17(5)33-26(31)16(4)13-21(30)24-25(34-18(6)29)22(32-7)10-11-28-24/h8-12,14,16-17,23H,13H2,1-7H3/t16-,17+,23-/m1/s1. The van der Waals surface area contributed by atoms with Gasteiger partial charge >= 0.3 is 11.9 Å². The molecule has 0 saturated carbocycles. The molecule has 0 radical (unpaired) electrons. The number of nitrogens with zero attached hydrogens (tertiary/aromatic N) is 1. The Kier molecular flexibility index (Phi) is 9.29. The van der Waals surface area contributed by atoms with Gasteiger partial charge in [0.1, 0.15) is 11.9 Å². The summed E-state index contributed by atoms with van der Waals surface area (Å²) in [6.45, 7) is 10.3. The van der Waals surface area contributed by atoms with Crippen molar-refractivity contribution in [3.05, 3.63) is 53.1 Å². The number of ketones is 1. The van der Waals surface area contributed by atoms with Crippen LogP contribution in [0.15, 0.2) is 30.5 Å². The van der Waals surface area contributed by atoms with E-state index in [0.29, 0.717) is 5.56 Å². The molecule has 2 rings (SSSR count). The minimum atomic E-state index is -0.768. The summed E-state index contributed by atoms with van der Waals surface area (Å²) in [4.78, 5) is 41.2. The summed E-state index contributed by atoms with van der Waals surface area (Å²) in [5.74, 6) is -2.63. The maximum absolute atomic E-state index is 13.7. The van der Waals surface area contributed by atoms with Crippen molar-refractivity contribution in [1.82, 2.24) is 4.98 Å². The van der Waals surface area contributed by atoms with Crippen LogP contribution in [0.3, 0.4) is 0 Å². The molecule has 3 atom stereocenters. The van der Waals surface area contributed by atoms with E-state index in [1.807, 2.05) is 13.8 Å². The van der Waals surface area contributed by atoms with Crippen LogP contribution in [0.2, 0.25) is 0 Å². The molecule has 0 aliphatic rings. The third-order valence-electron chi connectivity index (χ3n) is 5.59. The van der Waals surface area contributed by atoms with Gasteiger partial charge in [-0.15, -0.1) is 0 Å². The van der Waals surface area contributed by atoms with Crippen LogP contribution in [0.4, 0.5) is 4.39 Å². The van der Waals surface area contributed by atoms with Crippen molar-refractivity contribution in [2.75, 3.05) is 7.11 Å². The first kappa shape index (κ1) is 27.0. The average Bonchev–Trinajstić information content (AvgIpc) is 2.75. The molecule has 2 aromatic rings. The topological polar surface area (TPSA) is 91.8 Å². The molecule has 0 bridgehead atoms. The first-order valence-corrected chi connectivity index (χ1v) is 11.2. The highest BCUT2D eigenvalue weighted by atomic mass is 19.1. The van der Waals surface area contributed by atoms with Gasteiger partial charge in [-0.25, -0.2) is 9.37 Å². The van der Waals surface area contributed by atoms with E-state index in [1.54, 1.807) is 32.9 Å². The molecular formula is C26H32FNO6. The number of esters is 2. The molecule has 0 aliphatic heterocycles. The number of Topliss-reactive ketones (excluding diaryl/α,β-unsaturated/α-hetero) is 1. The van der Waals surface area contributed by atoms with Crippen molar-refractivity contribution in [3.8, 4) is 11.5 Å².